The lowest BCUT2D eigenvalue weighted by Gasteiger charge is -2.16. The van der Waals surface area contributed by atoms with Gasteiger partial charge in [-0.15, -0.1) is 0 Å². The van der Waals surface area contributed by atoms with E-state index in [9.17, 15) is 4.79 Å². The van der Waals surface area contributed by atoms with E-state index in [0.717, 1.165) is 16.9 Å². The number of benzene rings is 2. The highest BCUT2D eigenvalue weighted by Crippen LogP contribution is 2.45. The van der Waals surface area contributed by atoms with Crippen LogP contribution in [0.1, 0.15) is 54.4 Å². The molecule has 0 bridgehead atoms. The second-order valence-electron chi connectivity index (χ2n) is 6.48. The third-order valence-electron chi connectivity index (χ3n) is 4.47. The third kappa shape index (κ3) is 4.37. The number of carbonyl (C=O) groups excluding carboxylic acids is 1. The van der Waals surface area contributed by atoms with Crippen LogP contribution in [-0.2, 0) is 17.2 Å². The Kier molecular flexibility index (Phi) is 5.69. The van der Waals surface area contributed by atoms with Crippen molar-refractivity contribution in [2.75, 3.05) is 0 Å². The van der Waals surface area contributed by atoms with Gasteiger partial charge in [0.2, 0.25) is 0 Å². The molecule has 1 aliphatic rings. The Morgan fingerprint density at radius 3 is 2.68 bits per heavy atom. The Hall–Kier alpha value is -1.94. The largest absolute Gasteiger partial charge is 0.488 e. The molecule has 4 heteroatoms. The molecule has 0 aliphatic heterocycles. The second kappa shape index (κ2) is 7.96. The summed E-state index contributed by atoms with van der Waals surface area (Å²) in [5.41, 5.74) is 4.45. The van der Waals surface area contributed by atoms with Crippen LogP contribution >= 0.6 is 12.6 Å². The molecule has 0 aromatic heterocycles. The van der Waals surface area contributed by atoms with Gasteiger partial charge in [-0.1, -0.05) is 36.8 Å². The van der Waals surface area contributed by atoms with E-state index in [1.807, 2.05) is 24.3 Å². The predicted molar refractivity (Wildman–Crippen MR) is 103 cm³/mol. The molecule has 1 fully saturated rings. The summed E-state index contributed by atoms with van der Waals surface area (Å²) in [5, 5.41) is 0. The SMILES string of the molecule is CCC(=O)Oc1cccc(CS)c1COc1ccc(C)cc1C1CC1. The number of hydrogen-bond acceptors (Lipinski definition) is 4. The van der Waals surface area contributed by atoms with Gasteiger partial charge in [-0.05, 0) is 48.9 Å². The van der Waals surface area contributed by atoms with Crippen LogP contribution < -0.4 is 9.47 Å². The smallest absolute Gasteiger partial charge is 0.310 e. The van der Waals surface area contributed by atoms with Crippen molar-refractivity contribution in [3.63, 3.8) is 0 Å². The van der Waals surface area contributed by atoms with Gasteiger partial charge in [-0.3, -0.25) is 4.79 Å². The molecule has 0 N–H and O–H groups in total. The highest BCUT2D eigenvalue weighted by atomic mass is 32.1. The molecule has 1 aliphatic carbocycles. The summed E-state index contributed by atoms with van der Waals surface area (Å²) in [7, 11) is 0. The summed E-state index contributed by atoms with van der Waals surface area (Å²) >= 11 is 4.40. The fourth-order valence-electron chi connectivity index (χ4n) is 2.88. The van der Waals surface area contributed by atoms with Gasteiger partial charge in [0.25, 0.3) is 0 Å². The molecular weight excluding hydrogens is 332 g/mol. The van der Waals surface area contributed by atoms with Gasteiger partial charge in [0.1, 0.15) is 18.1 Å². The number of ether oxygens (including phenoxy) is 2. The van der Waals surface area contributed by atoms with Crippen molar-refractivity contribution in [1.82, 2.24) is 0 Å². The van der Waals surface area contributed by atoms with Crippen LogP contribution in [0, 0.1) is 6.92 Å². The van der Waals surface area contributed by atoms with Crippen molar-refractivity contribution in [3.8, 4) is 11.5 Å². The topological polar surface area (TPSA) is 35.5 Å². The highest BCUT2D eigenvalue weighted by Gasteiger charge is 2.27. The lowest BCUT2D eigenvalue weighted by molar-refractivity contribution is -0.134. The van der Waals surface area contributed by atoms with Gasteiger partial charge < -0.3 is 9.47 Å². The zero-order valence-electron chi connectivity index (χ0n) is 14.7. The van der Waals surface area contributed by atoms with Crippen molar-refractivity contribution in [2.24, 2.45) is 0 Å². The van der Waals surface area contributed by atoms with E-state index < -0.39 is 0 Å². The average Bonchev–Trinajstić information content (AvgIpc) is 3.46. The molecule has 0 spiro atoms. The van der Waals surface area contributed by atoms with E-state index in [4.69, 9.17) is 9.47 Å². The molecule has 2 aromatic rings. The molecule has 0 saturated heterocycles. The lowest BCUT2D eigenvalue weighted by Crippen LogP contribution is -2.10. The van der Waals surface area contributed by atoms with E-state index in [-0.39, 0.29) is 5.97 Å². The Bertz CT molecular complexity index is 766. The molecule has 0 atom stereocenters. The van der Waals surface area contributed by atoms with Crippen LogP contribution in [0.4, 0.5) is 0 Å². The summed E-state index contributed by atoms with van der Waals surface area (Å²) in [6, 6.07) is 12.0. The Morgan fingerprint density at radius 1 is 1.20 bits per heavy atom. The average molecular weight is 356 g/mol. The third-order valence-corrected chi connectivity index (χ3v) is 4.81. The molecule has 0 radical (unpaired) electrons. The summed E-state index contributed by atoms with van der Waals surface area (Å²) in [6.45, 7) is 4.26. The minimum Gasteiger partial charge on any atom is -0.488 e. The van der Waals surface area contributed by atoms with Gasteiger partial charge in [-0.25, -0.2) is 0 Å². The molecule has 25 heavy (non-hydrogen) atoms. The summed E-state index contributed by atoms with van der Waals surface area (Å²) in [5.74, 6) is 2.44. The molecular formula is C21H24O3S. The molecule has 132 valence electrons. The molecule has 2 aromatic carbocycles. The molecule has 0 heterocycles. The molecule has 3 rings (SSSR count). The number of aryl methyl sites for hydroxylation is 1. The first kappa shape index (κ1) is 17.9. The normalized spacial score (nSPS) is 13.6. The van der Waals surface area contributed by atoms with Crippen molar-refractivity contribution < 1.29 is 14.3 Å². The standard InChI is InChI=1S/C21H24O3S/c1-3-21(22)24-20-6-4-5-16(13-25)18(20)12-23-19-10-7-14(2)11-17(19)15-8-9-15/h4-7,10-11,15,25H,3,8-9,12-13H2,1-2H3. The quantitative estimate of drug-likeness (QED) is 0.421. The van der Waals surface area contributed by atoms with E-state index >= 15 is 0 Å². The predicted octanol–water partition coefficient (Wildman–Crippen LogP) is 5.20. The van der Waals surface area contributed by atoms with E-state index in [1.165, 1.54) is 24.0 Å². The fraction of sp³-hybridized carbons (Fsp3) is 0.381. The lowest BCUT2D eigenvalue weighted by atomic mass is 10.1. The van der Waals surface area contributed by atoms with Crippen LogP contribution in [0.5, 0.6) is 11.5 Å². The van der Waals surface area contributed by atoms with Crippen LogP contribution in [0.2, 0.25) is 0 Å². The monoisotopic (exact) mass is 356 g/mol. The van der Waals surface area contributed by atoms with Crippen LogP contribution in [0.25, 0.3) is 0 Å². The first-order valence-corrected chi connectivity index (χ1v) is 9.41. The molecule has 0 amide bonds. The Balaban J connectivity index is 1.84. The van der Waals surface area contributed by atoms with Crippen molar-refractivity contribution in [1.29, 1.82) is 0 Å². The summed E-state index contributed by atoms with van der Waals surface area (Å²) in [4.78, 5) is 11.7. The molecule has 3 nitrogen and oxygen atoms in total. The van der Waals surface area contributed by atoms with Gasteiger partial charge in [-0.2, -0.15) is 12.6 Å². The zero-order chi connectivity index (χ0) is 17.8. The van der Waals surface area contributed by atoms with Crippen molar-refractivity contribution in [2.45, 2.75) is 51.4 Å². The minimum atomic E-state index is -0.244. The fourth-order valence-corrected chi connectivity index (χ4v) is 3.17. The van der Waals surface area contributed by atoms with Crippen LogP contribution in [0.3, 0.4) is 0 Å². The zero-order valence-corrected chi connectivity index (χ0v) is 15.6. The molecule has 0 unspecified atom stereocenters. The summed E-state index contributed by atoms with van der Waals surface area (Å²) in [6.07, 6.45) is 2.80. The minimum absolute atomic E-state index is 0.244. The maximum absolute atomic E-state index is 11.7. The summed E-state index contributed by atoms with van der Waals surface area (Å²) < 4.78 is 11.6. The Morgan fingerprint density at radius 2 is 2.00 bits per heavy atom. The van der Waals surface area contributed by atoms with E-state index in [0.29, 0.717) is 30.4 Å². The van der Waals surface area contributed by atoms with E-state index in [2.05, 4.69) is 31.7 Å². The number of hydrogen-bond donors (Lipinski definition) is 1. The number of thiol groups is 1. The van der Waals surface area contributed by atoms with E-state index in [1.54, 1.807) is 6.92 Å². The van der Waals surface area contributed by atoms with Crippen LogP contribution in [-0.4, -0.2) is 5.97 Å². The number of esters is 1. The van der Waals surface area contributed by atoms with Gasteiger partial charge in [0, 0.05) is 17.7 Å². The molecule has 1 saturated carbocycles. The highest BCUT2D eigenvalue weighted by molar-refractivity contribution is 7.79. The maximum Gasteiger partial charge on any atom is 0.310 e. The number of carbonyl (C=O) groups is 1. The first-order valence-electron chi connectivity index (χ1n) is 8.78. The number of rotatable bonds is 7. The van der Waals surface area contributed by atoms with Gasteiger partial charge in [0.15, 0.2) is 0 Å². The second-order valence-corrected chi connectivity index (χ2v) is 6.80. The first-order chi connectivity index (χ1) is 12.1. The van der Waals surface area contributed by atoms with Crippen molar-refractivity contribution in [3.05, 3.63) is 58.7 Å². The van der Waals surface area contributed by atoms with Crippen LogP contribution in [0.15, 0.2) is 36.4 Å². The van der Waals surface area contributed by atoms with Gasteiger partial charge >= 0.3 is 5.97 Å². The van der Waals surface area contributed by atoms with Gasteiger partial charge in [0.05, 0.1) is 0 Å². The van der Waals surface area contributed by atoms with Crippen molar-refractivity contribution >= 4 is 18.6 Å². The maximum atomic E-state index is 11.7. The Labute approximate surface area is 154 Å².